The molecule has 0 bridgehead atoms. The molecule has 8 nitrogen and oxygen atoms in total. The van der Waals surface area contributed by atoms with Crippen LogP contribution in [0.3, 0.4) is 0 Å². The number of sulfonamides is 1. The number of hydrogen-bond acceptors (Lipinski definition) is 6. The van der Waals surface area contributed by atoms with E-state index in [-0.39, 0.29) is 48.3 Å². The molecule has 0 atom stereocenters. The third kappa shape index (κ3) is 5.92. The molecule has 2 aromatic carbocycles. The van der Waals surface area contributed by atoms with Crippen molar-refractivity contribution >= 4 is 33.5 Å². The summed E-state index contributed by atoms with van der Waals surface area (Å²) in [6.07, 6.45) is 0.610. The average Bonchev–Trinajstić information content (AvgIpc) is 2.81. The van der Waals surface area contributed by atoms with Crippen molar-refractivity contribution in [2.45, 2.75) is 24.8 Å². The lowest BCUT2D eigenvalue weighted by atomic mass is 10.0. The van der Waals surface area contributed by atoms with Gasteiger partial charge in [-0.25, -0.2) is 8.42 Å². The molecule has 0 N–H and O–H groups in total. The topological polar surface area (TPSA) is 93.2 Å². The van der Waals surface area contributed by atoms with Crippen molar-refractivity contribution in [2.75, 3.05) is 40.0 Å². The molecule has 0 spiro atoms. The van der Waals surface area contributed by atoms with Crippen LogP contribution >= 0.6 is 11.6 Å². The minimum absolute atomic E-state index is 0.00412. The molecule has 0 aromatic heterocycles. The highest BCUT2D eigenvalue weighted by Gasteiger charge is 2.30. The summed E-state index contributed by atoms with van der Waals surface area (Å²) in [5.41, 5.74) is 2.08. The van der Waals surface area contributed by atoms with Gasteiger partial charge in [0.1, 0.15) is 6.54 Å². The van der Waals surface area contributed by atoms with Crippen LogP contribution < -0.4 is 0 Å². The second kappa shape index (κ2) is 11.1. The second-order valence-electron chi connectivity index (χ2n) is 7.52. The summed E-state index contributed by atoms with van der Waals surface area (Å²) in [5, 5.41) is 0.0919. The molecule has 1 amide bonds. The van der Waals surface area contributed by atoms with Crippen LogP contribution in [0.2, 0.25) is 5.02 Å². The van der Waals surface area contributed by atoms with Crippen LogP contribution in [-0.4, -0.2) is 69.5 Å². The largest absolute Gasteiger partial charge is 0.465 e. The Hall–Kier alpha value is -2.46. The number of rotatable bonds is 9. The number of methoxy groups -OCH3 is 1. The van der Waals surface area contributed by atoms with Crippen molar-refractivity contribution in [3.05, 3.63) is 64.2 Å². The van der Waals surface area contributed by atoms with Gasteiger partial charge in [-0.1, -0.05) is 35.9 Å². The number of esters is 1. The van der Waals surface area contributed by atoms with Gasteiger partial charge in [0.15, 0.2) is 0 Å². The van der Waals surface area contributed by atoms with E-state index in [0.29, 0.717) is 13.0 Å². The molecule has 2 aromatic rings. The van der Waals surface area contributed by atoms with Gasteiger partial charge >= 0.3 is 5.97 Å². The fourth-order valence-electron chi connectivity index (χ4n) is 3.64. The maximum Gasteiger partial charge on any atom is 0.325 e. The van der Waals surface area contributed by atoms with Gasteiger partial charge in [0.2, 0.25) is 10.0 Å². The van der Waals surface area contributed by atoms with Crippen molar-refractivity contribution in [1.29, 1.82) is 0 Å². The van der Waals surface area contributed by atoms with E-state index < -0.39 is 21.9 Å². The summed E-state index contributed by atoms with van der Waals surface area (Å²) in [6.45, 7) is 2.45. The standard InChI is InChI=1S/C23H27ClN2O6S/c1-3-32-22(27)16-25(12-13-31-2)23(28)20-14-19(8-9-21(20)24)33(29,30)26-11-10-17-6-4-5-7-18(17)15-26/h4-9,14H,3,10-13,15-16H2,1-2H3. The average molecular weight is 495 g/mol. The van der Waals surface area contributed by atoms with Crippen LogP contribution in [0.5, 0.6) is 0 Å². The summed E-state index contributed by atoms with van der Waals surface area (Å²) in [7, 11) is -2.39. The zero-order valence-corrected chi connectivity index (χ0v) is 20.2. The molecule has 1 aliphatic heterocycles. The molecule has 0 saturated carbocycles. The Morgan fingerprint density at radius 2 is 1.88 bits per heavy atom. The lowest BCUT2D eigenvalue weighted by Gasteiger charge is -2.28. The zero-order chi connectivity index (χ0) is 24.0. The van der Waals surface area contributed by atoms with Gasteiger partial charge in [-0.15, -0.1) is 0 Å². The summed E-state index contributed by atoms with van der Waals surface area (Å²) in [6, 6.07) is 11.8. The summed E-state index contributed by atoms with van der Waals surface area (Å²) in [4.78, 5) is 26.4. The highest BCUT2D eigenvalue weighted by atomic mass is 35.5. The van der Waals surface area contributed by atoms with Crippen molar-refractivity contribution in [3.8, 4) is 0 Å². The van der Waals surface area contributed by atoms with Gasteiger partial charge in [0.05, 0.1) is 28.7 Å². The van der Waals surface area contributed by atoms with E-state index in [2.05, 4.69) is 0 Å². The predicted molar refractivity (Wildman–Crippen MR) is 124 cm³/mol. The van der Waals surface area contributed by atoms with E-state index in [9.17, 15) is 18.0 Å². The molecule has 10 heteroatoms. The smallest absolute Gasteiger partial charge is 0.325 e. The summed E-state index contributed by atoms with van der Waals surface area (Å²) in [5.74, 6) is -1.15. The Kier molecular flexibility index (Phi) is 8.47. The number of halogens is 1. The molecule has 0 aliphatic carbocycles. The van der Waals surface area contributed by atoms with Gasteiger partial charge < -0.3 is 14.4 Å². The second-order valence-corrected chi connectivity index (χ2v) is 9.87. The molecule has 1 heterocycles. The third-order valence-corrected chi connectivity index (χ3v) is 7.55. The molecule has 0 unspecified atom stereocenters. The van der Waals surface area contributed by atoms with Gasteiger partial charge in [0.25, 0.3) is 5.91 Å². The molecular weight excluding hydrogens is 468 g/mol. The number of carbonyl (C=O) groups is 2. The van der Waals surface area contributed by atoms with E-state index in [1.54, 1.807) is 6.92 Å². The molecule has 3 rings (SSSR count). The van der Waals surface area contributed by atoms with Crippen LogP contribution in [0.1, 0.15) is 28.4 Å². The first kappa shape index (κ1) is 25.2. The van der Waals surface area contributed by atoms with Crippen molar-refractivity contribution in [3.63, 3.8) is 0 Å². The van der Waals surface area contributed by atoms with Crippen LogP contribution in [0, 0.1) is 0 Å². The first-order valence-corrected chi connectivity index (χ1v) is 12.4. The monoisotopic (exact) mass is 494 g/mol. The number of ether oxygens (including phenoxy) is 2. The fourth-order valence-corrected chi connectivity index (χ4v) is 5.28. The van der Waals surface area contributed by atoms with Gasteiger partial charge in [-0.05, 0) is 42.7 Å². The number of benzene rings is 2. The maximum absolute atomic E-state index is 13.4. The highest BCUT2D eigenvalue weighted by Crippen LogP contribution is 2.28. The van der Waals surface area contributed by atoms with Crippen molar-refractivity contribution < 1.29 is 27.5 Å². The first-order valence-electron chi connectivity index (χ1n) is 10.6. The van der Waals surface area contributed by atoms with Gasteiger partial charge in [-0.3, -0.25) is 9.59 Å². The Labute approximate surface area is 199 Å². The lowest BCUT2D eigenvalue weighted by molar-refractivity contribution is -0.143. The fraction of sp³-hybridized carbons (Fsp3) is 0.391. The van der Waals surface area contributed by atoms with Crippen LogP contribution in [-0.2, 0) is 37.3 Å². The first-order chi connectivity index (χ1) is 15.8. The summed E-state index contributed by atoms with van der Waals surface area (Å²) >= 11 is 6.27. The van der Waals surface area contributed by atoms with Gasteiger partial charge in [0, 0.05) is 26.7 Å². The maximum atomic E-state index is 13.4. The lowest BCUT2D eigenvalue weighted by Crippen LogP contribution is -2.39. The Bertz CT molecular complexity index is 1120. The summed E-state index contributed by atoms with van der Waals surface area (Å²) < 4.78 is 38.1. The molecule has 178 valence electrons. The van der Waals surface area contributed by atoms with E-state index >= 15 is 0 Å². The molecule has 0 fully saturated rings. The quantitative estimate of drug-likeness (QED) is 0.498. The molecule has 1 aliphatic rings. The Morgan fingerprint density at radius 1 is 1.15 bits per heavy atom. The van der Waals surface area contributed by atoms with Gasteiger partial charge in [-0.2, -0.15) is 4.31 Å². The number of amides is 1. The van der Waals surface area contributed by atoms with Crippen LogP contribution in [0.25, 0.3) is 0 Å². The van der Waals surface area contributed by atoms with E-state index in [4.69, 9.17) is 21.1 Å². The van der Waals surface area contributed by atoms with Crippen molar-refractivity contribution in [2.24, 2.45) is 0 Å². The third-order valence-electron chi connectivity index (χ3n) is 5.38. The molecule has 33 heavy (non-hydrogen) atoms. The molecule has 0 radical (unpaired) electrons. The van der Waals surface area contributed by atoms with Crippen molar-refractivity contribution in [1.82, 2.24) is 9.21 Å². The van der Waals surface area contributed by atoms with E-state index in [0.717, 1.165) is 11.1 Å². The van der Waals surface area contributed by atoms with Crippen LogP contribution in [0.15, 0.2) is 47.4 Å². The minimum atomic E-state index is -3.86. The van der Waals surface area contributed by atoms with E-state index in [1.807, 2.05) is 24.3 Å². The molecule has 0 saturated heterocycles. The predicted octanol–water partition coefficient (Wildman–Crippen LogP) is 2.74. The molecular formula is C23H27ClN2O6S. The normalized spacial score (nSPS) is 13.9. The van der Waals surface area contributed by atoms with Crippen LogP contribution in [0.4, 0.5) is 0 Å². The number of fused-ring (bicyclic) bond motifs is 1. The van der Waals surface area contributed by atoms with E-state index in [1.165, 1.54) is 34.5 Å². The highest BCUT2D eigenvalue weighted by molar-refractivity contribution is 7.89. The number of carbonyl (C=O) groups excluding carboxylic acids is 2. The zero-order valence-electron chi connectivity index (χ0n) is 18.6. The minimum Gasteiger partial charge on any atom is -0.465 e. The Balaban J connectivity index is 1.88. The number of nitrogens with zero attached hydrogens (tertiary/aromatic N) is 2. The Morgan fingerprint density at radius 3 is 2.58 bits per heavy atom. The SMILES string of the molecule is CCOC(=O)CN(CCOC)C(=O)c1cc(S(=O)(=O)N2CCc3ccccc3C2)ccc1Cl. The number of hydrogen-bond donors (Lipinski definition) is 0.